The second-order valence-electron chi connectivity index (χ2n) is 12.7. The van der Waals surface area contributed by atoms with Gasteiger partial charge in [0, 0.05) is 37.7 Å². The summed E-state index contributed by atoms with van der Waals surface area (Å²) in [5, 5.41) is 12.9. The van der Waals surface area contributed by atoms with E-state index in [9.17, 15) is 4.79 Å². The molecule has 2 aromatic heterocycles. The van der Waals surface area contributed by atoms with Gasteiger partial charge in [-0.3, -0.25) is 0 Å². The molecule has 0 aliphatic rings. The molecule has 4 rings (SSSR count). The summed E-state index contributed by atoms with van der Waals surface area (Å²) in [5.41, 5.74) is 3.39. The summed E-state index contributed by atoms with van der Waals surface area (Å²) in [6.45, 7) is 13.8. The molecule has 0 amide bonds. The van der Waals surface area contributed by atoms with Crippen LogP contribution in [0.3, 0.4) is 0 Å². The number of benzene rings is 2. The first-order valence-corrected chi connectivity index (χ1v) is 18.4. The number of aromatic nitrogens is 3. The first kappa shape index (κ1) is 33.0. The predicted octanol–water partition coefficient (Wildman–Crippen LogP) is 6.98. The molecule has 236 valence electrons. The zero-order valence-electron chi connectivity index (χ0n) is 27.2. The average molecular weight is 621 g/mol. The third kappa shape index (κ3) is 7.96. The van der Waals surface area contributed by atoms with E-state index in [0.717, 1.165) is 22.6 Å². The van der Waals surface area contributed by atoms with Gasteiger partial charge < -0.3 is 29.0 Å². The molecule has 0 fully saturated rings. The van der Waals surface area contributed by atoms with E-state index in [2.05, 4.69) is 35.2 Å². The van der Waals surface area contributed by atoms with Crippen LogP contribution >= 0.6 is 0 Å². The molecule has 0 spiro atoms. The largest absolute Gasteiger partial charge is 0.493 e. The van der Waals surface area contributed by atoms with E-state index in [1.165, 1.54) is 7.11 Å². The normalized spacial score (nSPS) is 11.9. The lowest BCUT2D eigenvalue weighted by atomic mass is 10.0. The van der Waals surface area contributed by atoms with Gasteiger partial charge in [0.15, 0.2) is 18.3 Å². The zero-order chi connectivity index (χ0) is 32.1. The number of carbonyl (C=O) groups excluding carboxylic acids is 1. The number of para-hydroxylation sites is 1. The molecular formula is C33H44N4O6Si. The summed E-state index contributed by atoms with van der Waals surface area (Å²) in [5.74, 6) is 1.42. The Morgan fingerprint density at radius 3 is 2.41 bits per heavy atom. The van der Waals surface area contributed by atoms with Crippen LogP contribution in [0.1, 0.15) is 26.3 Å². The van der Waals surface area contributed by atoms with Crippen molar-refractivity contribution in [2.45, 2.75) is 58.6 Å². The zero-order valence-corrected chi connectivity index (χ0v) is 28.2. The Morgan fingerprint density at radius 2 is 1.75 bits per heavy atom. The average Bonchev–Trinajstić information content (AvgIpc) is 3.35. The van der Waals surface area contributed by atoms with Crippen LogP contribution in [-0.4, -0.2) is 69.2 Å². The van der Waals surface area contributed by atoms with E-state index >= 15 is 0 Å². The minimum absolute atomic E-state index is 0.124. The van der Waals surface area contributed by atoms with Crippen LogP contribution in [0.5, 0.6) is 17.4 Å². The number of rotatable bonds is 12. The van der Waals surface area contributed by atoms with Gasteiger partial charge in [-0.1, -0.05) is 37.8 Å². The smallest absolute Gasteiger partial charge is 0.419 e. The van der Waals surface area contributed by atoms with Crippen molar-refractivity contribution < 1.29 is 28.5 Å². The minimum atomic E-state index is -1.20. The van der Waals surface area contributed by atoms with Crippen LogP contribution in [0, 0.1) is 0 Å². The van der Waals surface area contributed by atoms with E-state index in [1.807, 2.05) is 76.3 Å². The van der Waals surface area contributed by atoms with Crippen molar-refractivity contribution in [3.63, 3.8) is 0 Å². The molecule has 0 radical (unpaired) electrons. The molecule has 0 aliphatic heterocycles. The summed E-state index contributed by atoms with van der Waals surface area (Å²) in [7, 11) is 3.80. The van der Waals surface area contributed by atoms with Crippen LogP contribution in [0.25, 0.3) is 33.4 Å². The summed E-state index contributed by atoms with van der Waals surface area (Å²) in [6, 6.07) is 16.3. The monoisotopic (exact) mass is 620 g/mol. The molecule has 0 unspecified atom stereocenters. The highest BCUT2D eigenvalue weighted by atomic mass is 28.3. The summed E-state index contributed by atoms with van der Waals surface area (Å²) >= 11 is 0. The Hall–Kier alpha value is -3.93. The molecule has 10 nitrogen and oxygen atoms in total. The molecule has 2 heterocycles. The lowest BCUT2D eigenvalue weighted by Crippen LogP contribution is -2.27. The Morgan fingerprint density at radius 1 is 1.00 bits per heavy atom. The van der Waals surface area contributed by atoms with Crippen LogP contribution < -0.4 is 19.5 Å². The number of hydrogen-bond acceptors (Lipinski definition) is 9. The molecule has 0 saturated heterocycles. The standard InChI is InChI=1S/C33H44N4O6Si/c1-33(2,3)43-32(38)37-27-13-11-10-12-22(27)17-28(37)25-19-26(35-36-31(25)40-6)23-16-24(20-34-4)30(29(18-23)39-5)42-21-41-14-15-44(7,8)9/h10-13,16-19,34H,14-15,20-21H2,1-9H3. The molecular weight excluding hydrogens is 576 g/mol. The van der Waals surface area contributed by atoms with Crippen molar-refractivity contribution in [3.05, 3.63) is 54.1 Å². The maximum Gasteiger partial charge on any atom is 0.419 e. The van der Waals surface area contributed by atoms with E-state index in [0.29, 0.717) is 47.1 Å². The lowest BCUT2D eigenvalue weighted by Gasteiger charge is -2.21. The molecule has 0 aliphatic carbocycles. The third-order valence-electron chi connectivity index (χ3n) is 6.81. The molecule has 1 N–H and O–H groups in total. The maximum absolute atomic E-state index is 13.5. The van der Waals surface area contributed by atoms with Gasteiger partial charge in [0.05, 0.1) is 36.7 Å². The molecule has 44 heavy (non-hydrogen) atoms. The number of methoxy groups -OCH3 is 2. The SMILES string of the molecule is CNCc1cc(-c2cc(-c3cc4ccccc4n3C(=O)OC(C)(C)C)c(OC)nn2)cc(OC)c1OCOCC[Si](C)(C)C. The van der Waals surface area contributed by atoms with Crippen LogP contribution in [0.4, 0.5) is 4.79 Å². The predicted molar refractivity (Wildman–Crippen MR) is 175 cm³/mol. The third-order valence-corrected chi connectivity index (χ3v) is 8.52. The molecule has 4 aromatic rings. The molecule has 2 aromatic carbocycles. The van der Waals surface area contributed by atoms with Gasteiger partial charge in [-0.15, -0.1) is 10.2 Å². The van der Waals surface area contributed by atoms with Crippen LogP contribution in [0.15, 0.2) is 48.5 Å². The van der Waals surface area contributed by atoms with Gasteiger partial charge in [-0.05, 0) is 64.2 Å². The maximum atomic E-state index is 13.5. The van der Waals surface area contributed by atoms with Gasteiger partial charge >= 0.3 is 6.09 Å². The Balaban J connectivity index is 1.77. The van der Waals surface area contributed by atoms with Gasteiger partial charge in [-0.2, -0.15) is 0 Å². The molecule has 0 atom stereocenters. The first-order chi connectivity index (χ1) is 20.8. The second-order valence-corrected chi connectivity index (χ2v) is 18.4. The van der Waals surface area contributed by atoms with Gasteiger partial charge in [0.25, 0.3) is 0 Å². The summed E-state index contributed by atoms with van der Waals surface area (Å²) < 4.78 is 30.6. The number of fused-ring (bicyclic) bond motifs is 1. The van der Waals surface area contributed by atoms with E-state index in [4.69, 9.17) is 23.7 Å². The highest BCUT2D eigenvalue weighted by Gasteiger charge is 2.26. The Bertz CT molecular complexity index is 1610. The number of nitrogens with zero attached hydrogens (tertiary/aromatic N) is 3. The molecule has 0 saturated carbocycles. The fraction of sp³-hybridized carbons (Fsp3) is 0.424. The molecule has 11 heteroatoms. The topological polar surface area (TPSA) is 106 Å². The van der Waals surface area contributed by atoms with Crippen molar-refractivity contribution >= 4 is 25.1 Å². The highest BCUT2D eigenvalue weighted by Crippen LogP contribution is 2.39. The highest BCUT2D eigenvalue weighted by molar-refractivity contribution is 6.76. The fourth-order valence-corrected chi connectivity index (χ4v) is 5.45. The van der Waals surface area contributed by atoms with Gasteiger partial charge in [0.1, 0.15) is 5.60 Å². The Labute approximate surface area is 260 Å². The fourth-order valence-electron chi connectivity index (χ4n) is 4.70. The first-order valence-electron chi connectivity index (χ1n) is 14.7. The van der Waals surface area contributed by atoms with E-state index in [-0.39, 0.29) is 12.7 Å². The number of hydrogen-bond donors (Lipinski definition) is 1. The van der Waals surface area contributed by atoms with Gasteiger partial charge in [-0.25, -0.2) is 9.36 Å². The van der Waals surface area contributed by atoms with Crippen molar-refractivity contribution in [2.24, 2.45) is 0 Å². The van der Waals surface area contributed by atoms with Crippen molar-refractivity contribution in [3.8, 4) is 39.9 Å². The van der Waals surface area contributed by atoms with Gasteiger partial charge in [0.2, 0.25) is 5.88 Å². The summed E-state index contributed by atoms with van der Waals surface area (Å²) in [4.78, 5) is 13.5. The second kappa shape index (κ2) is 13.8. The van der Waals surface area contributed by atoms with E-state index < -0.39 is 19.8 Å². The van der Waals surface area contributed by atoms with Crippen LogP contribution in [-0.2, 0) is 16.0 Å². The minimum Gasteiger partial charge on any atom is -0.493 e. The number of nitrogens with one attached hydrogen (secondary N) is 1. The number of ether oxygens (including phenoxy) is 5. The quantitative estimate of drug-likeness (QED) is 0.102. The van der Waals surface area contributed by atoms with Crippen molar-refractivity contribution in [1.82, 2.24) is 20.1 Å². The summed E-state index contributed by atoms with van der Waals surface area (Å²) in [6.07, 6.45) is -0.499. The lowest BCUT2D eigenvalue weighted by molar-refractivity contribution is 0.0199. The van der Waals surface area contributed by atoms with E-state index in [1.54, 1.807) is 11.7 Å². The van der Waals surface area contributed by atoms with Crippen molar-refractivity contribution in [1.29, 1.82) is 0 Å². The molecule has 0 bridgehead atoms. The van der Waals surface area contributed by atoms with Crippen LogP contribution in [0.2, 0.25) is 25.7 Å². The number of carbonyl (C=O) groups is 1. The van der Waals surface area contributed by atoms with Crippen molar-refractivity contribution in [2.75, 3.05) is 34.7 Å². The Kier molecular flexibility index (Phi) is 10.3.